The first-order chi connectivity index (χ1) is 13.8. The molecule has 1 N–H and O–H groups in total. The van der Waals surface area contributed by atoms with Crippen LogP contribution in [0, 0.1) is 11.7 Å². The Labute approximate surface area is 176 Å². The zero-order valence-electron chi connectivity index (χ0n) is 15.1. The van der Waals surface area contributed by atoms with Crippen LogP contribution in [-0.4, -0.2) is 36.7 Å². The quantitative estimate of drug-likeness (QED) is 0.644. The molecule has 0 spiro atoms. The first-order valence-electron chi connectivity index (χ1n) is 8.96. The fourth-order valence-corrected chi connectivity index (χ4v) is 5.99. The van der Waals surface area contributed by atoms with Crippen molar-refractivity contribution in [2.45, 2.75) is 17.7 Å². The van der Waals surface area contributed by atoms with Crippen LogP contribution in [0.2, 0.25) is 5.02 Å². The number of thiazole rings is 1. The molecule has 3 aromatic rings. The van der Waals surface area contributed by atoms with Gasteiger partial charge in [-0.3, -0.25) is 4.79 Å². The zero-order valence-corrected chi connectivity index (χ0v) is 17.5. The molecule has 10 heteroatoms. The highest BCUT2D eigenvalue weighted by Crippen LogP contribution is 2.30. The van der Waals surface area contributed by atoms with Gasteiger partial charge in [-0.05, 0) is 43.2 Å². The van der Waals surface area contributed by atoms with Gasteiger partial charge in [-0.1, -0.05) is 35.1 Å². The molecule has 1 saturated heterocycles. The molecule has 0 saturated carbocycles. The SMILES string of the molecule is O=C(Nc1nc2ccc(Cl)cc2s1)C1CCN(S(=O)(=O)c2ccccc2F)CC1. The minimum absolute atomic E-state index is 0.157. The summed E-state index contributed by atoms with van der Waals surface area (Å²) in [5, 5.41) is 3.89. The second kappa shape index (κ2) is 7.98. The summed E-state index contributed by atoms with van der Waals surface area (Å²) >= 11 is 7.31. The van der Waals surface area contributed by atoms with E-state index in [0.29, 0.717) is 23.0 Å². The van der Waals surface area contributed by atoms with Crippen molar-refractivity contribution in [2.75, 3.05) is 18.4 Å². The maximum atomic E-state index is 13.9. The number of piperidine rings is 1. The molecular formula is C19H17ClFN3O3S2. The van der Waals surface area contributed by atoms with Gasteiger partial charge < -0.3 is 5.32 Å². The van der Waals surface area contributed by atoms with Crippen LogP contribution in [0.25, 0.3) is 10.2 Å². The lowest BCUT2D eigenvalue weighted by molar-refractivity contribution is -0.120. The topological polar surface area (TPSA) is 79.4 Å². The van der Waals surface area contributed by atoms with E-state index in [1.54, 1.807) is 18.2 Å². The van der Waals surface area contributed by atoms with E-state index < -0.39 is 15.8 Å². The van der Waals surface area contributed by atoms with Crippen molar-refractivity contribution in [3.63, 3.8) is 0 Å². The minimum Gasteiger partial charge on any atom is -0.302 e. The Bertz CT molecular complexity index is 1170. The zero-order chi connectivity index (χ0) is 20.6. The second-order valence-electron chi connectivity index (χ2n) is 6.73. The average Bonchev–Trinajstić information content (AvgIpc) is 3.09. The lowest BCUT2D eigenvalue weighted by atomic mass is 9.97. The van der Waals surface area contributed by atoms with Gasteiger partial charge in [0.05, 0.1) is 10.2 Å². The number of sulfonamides is 1. The Hall–Kier alpha value is -2.07. The predicted molar refractivity (Wildman–Crippen MR) is 111 cm³/mol. The molecule has 0 atom stereocenters. The molecule has 1 aliphatic rings. The van der Waals surface area contributed by atoms with Gasteiger partial charge in [0, 0.05) is 24.0 Å². The number of carbonyl (C=O) groups is 1. The molecule has 0 aliphatic carbocycles. The number of nitrogens with one attached hydrogen (secondary N) is 1. The molecule has 1 fully saturated rings. The van der Waals surface area contributed by atoms with E-state index in [1.807, 2.05) is 0 Å². The van der Waals surface area contributed by atoms with Crippen molar-refractivity contribution < 1.29 is 17.6 Å². The van der Waals surface area contributed by atoms with Crippen molar-refractivity contribution in [3.05, 3.63) is 53.3 Å². The van der Waals surface area contributed by atoms with Crippen molar-refractivity contribution in [1.29, 1.82) is 0 Å². The van der Waals surface area contributed by atoms with Gasteiger partial charge in [-0.25, -0.2) is 17.8 Å². The normalized spacial score (nSPS) is 16.2. The van der Waals surface area contributed by atoms with Crippen LogP contribution in [0.4, 0.5) is 9.52 Å². The number of amides is 1. The third-order valence-electron chi connectivity index (χ3n) is 4.86. The van der Waals surface area contributed by atoms with Crippen molar-refractivity contribution >= 4 is 54.2 Å². The number of halogens is 2. The van der Waals surface area contributed by atoms with Gasteiger partial charge in [0.15, 0.2) is 5.13 Å². The highest BCUT2D eigenvalue weighted by Gasteiger charge is 2.33. The van der Waals surface area contributed by atoms with Gasteiger partial charge in [-0.15, -0.1) is 0 Å². The molecule has 1 aromatic heterocycles. The van der Waals surface area contributed by atoms with Crippen LogP contribution in [0.3, 0.4) is 0 Å². The fourth-order valence-electron chi connectivity index (χ4n) is 3.31. The summed E-state index contributed by atoms with van der Waals surface area (Å²) in [7, 11) is -3.92. The monoisotopic (exact) mass is 453 g/mol. The van der Waals surface area contributed by atoms with Crippen LogP contribution in [0.5, 0.6) is 0 Å². The van der Waals surface area contributed by atoms with Crippen LogP contribution in [0.15, 0.2) is 47.4 Å². The Morgan fingerprint density at radius 3 is 2.66 bits per heavy atom. The lowest BCUT2D eigenvalue weighted by Crippen LogP contribution is -2.41. The fraction of sp³-hybridized carbons (Fsp3) is 0.263. The molecule has 152 valence electrons. The van der Waals surface area contributed by atoms with E-state index in [2.05, 4.69) is 10.3 Å². The molecular weight excluding hydrogens is 437 g/mol. The number of nitrogens with zero attached hydrogens (tertiary/aromatic N) is 2. The van der Waals surface area contributed by atoms with Crippen molar-refractivity contribution in [1.82, 2.24) is 9.29 Å². The highest BCUT2D eigenvalue weighted by molar-refractivity contribution is 7.89. The van der Waals surface area contributed by atoms with E-state index in [1.165, 1.54) is 33.8 Å². The van der Waals surface area contributed by atoms with E-state index in [9.17, 15) is 17.6 Å². The summed E-state index contributed by atoms with van der Waals surface area (Å²) in [6, 6.07) is 10.6. The standard InChI is InChI=1S/C19H17ClFN3O3S2/c20-13-5-6-15-16(11-13)28-19(22-15)23-18(25)12-7-9-24(10-8-12)29(26,27)17-4-2-1-3-14(17)21/h1-6,11-12H,7-10H2,(H,22,23,25). The van der Waals surface area contributed by atoms with Crippen molar-refractivity contribution in [3.8, 4) is 0 Å². The van der Waals surface area contributed by atoms with Gasteiger partial charge in [0.1, 0.15) is 10.7 Å². The maximum absolute atomic E-state index is 13.9. The number of rotatable bonds is 4. The van der Waals surface area contributed by atoms with Crippen LogP contribution in [-0.2, 0) is 14.8 Å². The molecule has 4 rings (SSSR count). The predicted octanol–water partition coefficient (Wildman–Crippen LogP) is 4.13. The molecule has 1 aliphatic heterocycles. The molecule has 2 heterocycles. The molecule has 0 radical (unpaired) electrons. The summed E-state index contributed by atoms with van der Waals surface area (Å²) in [4.78, 5) is 16.6. The average molecular weight is 454 g/mol. The first kappa shape index (κ1) is 20.2. The largest absolute Gasteiger partial charge is 0.302 e. The number of benzene rings is 2. The minimum atomic E-state index is -3.92. The number of anilines is 1. The van der Waals surface area contributed by atoms with Crippen molar-refractivity contribution in [2.24, 2.45) is 5.92 Å². The number of carbonyl (C=O) groups excluding carboxylic acids is 1. The lowest BCUT2D eigenvalue weighted by Gasteiger charge is -2.30. The summed E-state index contributed by atoms with van der Waals surface area (Å²) in [5.74, 6) is -1.31. The maximum Gasteiger partial charge on any atom is 0.245 e. The molecule has 0 bridgehead atoms. The number of fused-ring (bicyclic) bond motifs is 1. The Balaban J connectivity index is 1.41. The van der Waals surface area contributed by atoms with Crippen LogP contribution in [0.1, 0.15) is 12.8 Å². The first-order valence-corrected chi connectivity index (χ1v) is 11.6. The van der Waals surface area contributed by atoms with E-state index in [-0.39, 0.29) is 29.8 Å². The van der Waals surface area contributed by atoms with Crippen LogP contribution >= 0.6 is 22.9 Å². The third kappa shape index (κ3) is 4.13. The van der Waals surface area contributed by atoms with Gasteiger partial charge >= 0.3 is 0 Å². The Morgan fingerprint density at radius 2 is 1.93 bits per heavy atom. The summed E-state index contributed by atoms with van der Waals surface area (Å²) < 4.78 is 41.4. The molecule has 1 amide bonds. The summed E-state index contributed by atoms with van der Waals surface area (Å²) in [6.07, 6.45) is 0.715. The summed E-state index contributed by atoms with van der Waals surface area (Å²) in [6.45, 7) is 0.314. The Kier molecular flexibility index (Phi) is 5.56. The van der Waals surface area contributed by atoms with Gasteiger partial charge in [0.2, 0.25) is 15.9 Å². The smallest absolute Gasteiger partial charge is 0.245 e. The Morgan fingerprint density at radius 1 is 1.21 bits per heavy atom. The third-order valence-corrected chi connectivity index (χ3v) is 7.96. The van der Waals surface area contributed by atoms with Gasteiger partial charge in [-0.2, -0.15) is 4.31 Å². The van der Waals surface area contributed by atoms with E-state index in [0.717, 1.165) is 16.3 Å². The molecule has 29 heavy (non-hydrogen) atoms. The van der Waals surface area contributed by atoms with E-state index in [4.69, 9.17) is 11.6 Å². The molecule has 2 aromatic carbocycles. The second-order valence-corrected chi connectivity index (χ2v) is 10.1. The molecule has 0 unspecified atom stereocenters. The summed E-state index contributed by atoms with van der Waals surface area (Å²) in [5.41, 5.74) is 0.750. The number of hydrogen-bond donors (Lipinski definition) is 1. The number of aromatic nitrogens is 1. The van der Waals surface area contributed by atoms with Gasteiger partial charge in [0.25, 0.3) is 0 Å². The highest BCUT2D eigenvalue weighted by atomic mass is 35.5. The molecule has 6 nitrogen and oxygen atoms in total. The van der Waals surface area contributed by atoms with E-state index >= 15 is 0 Å². The number of hydrogen-bond acceptors (Lipinski definition) is 5. The van der Waals surface area contributed by atoms with Crippen LogP contribution < -0.4 is 5.32 Å².